The molecule has 1 aromatic carbocycles. The molecule has 0 bridgehead atoms. The third-order valence-corrected chi connectivity index (χ3v) is 4.10. The van der Waals surface area contributed by atoms with Crippen molar-refractivity contribution in [2.24, 2.45) is 11.7 Å². The molecule has 106 valence electrons. The van der Waals surface area contributed by atoms with Gasteiger partial charge >= 0.3 is 0 Å². The third kappa shape index (κ3) is 3.47. The summed E-state index contributed by atoms with van der Waals surface area (Å²) in [5.41, 5.74) is 6.67. The molecule has 1 aliphatic rings. The normalized spacial score (nSPS) is 25.1. The molecular formula is C16H24FNO. The smallest absolute Gasteiger partial charge is 0.124 e. The van der Waals surface area contributed by atoms with Gasteiger partial charge in [0.1, 0.15) is 17.7 Å². The zero-order valence-corrected chi connectivity index (χ0v) is 11.9. The van der Waals surface area contributed by atoms with Crippen LogP contribution in [0.2, 0.25) is 0 Å². The first kappa shape index (κ1) is 14.3. The highest BCUT2D eigenvalue weighted by Crippen LogP contribution is 2.33. The van der Waals surface area contributed by atoms with E-state index < -0.39 is 0 Å². The van der Waals surface area contributed by atoms with E-state index in [0.29, 0.717) is 5.92 Å². The lowest BCUT2D eigenvalue weighted by atomic mass is 9.84. The Labute approximate surface area is 115 Å². The van der Waals surface area contributed by atoms with Gasteiger partial charge in [0.15, 0.2) is 0 Å². The van der Waals surface area contributed by atoms with Crippen molar-refractivity contribution in [3.63, 3.8) is 0 Å². The summed E-state index contributed by atoms with van der Waals surface area (Å²) in [5.74, 6) is 1.11. The molecule has 1 saturated carbocycles. The number of benzene rings is 1. The van der Waals surface area contributed by atoms with Gasteiger partial charge in [-0.15, -0.1) is 0 Å². The van der Waals surface area contributed by atoms with Crippen molar-refractivity contribution in [2.45, 2.75) is 58.1 Å². The van der Waals surface area contributed by atoms with Crippen molar-refractivity contribution in [1.82, 2.24) is 0 Å². The molecule has 3 atom stereocenters. The van der Waals surface area contributed by atoms with Gasteiger partial charge in [-0.05, 0) is 56.7 Å². The minimum absolute atomic E-state index is 0.214. The Balaban J connectivity index is 2.17. The van der Waals surface area contributed by atoms with Crippen LogP contribution in [0.25, 0.3) is 0 Å². The van der Waals surface area contributed by atoms with Gasteiger partial charge in [-0.2, -0.15) is 0 Å². The molecule has 0 aliphatic heterocycles. The zero-order valence-electron chi connectivity index (χ0n) is 11.9. The lowest BCUT2D eigenvalue weighted by molar-refractivity contribution is 0.0890. The van der Waals surface area contributed by atoms with Gasteiger partial charge in [0.2, 0.25) is 0 Å². The second-order valence-corrected chi connectivity index (χ2v) is 5.58. The van der Waals surface area contributed by atoms with E-state index in [9.17, 15) is 4.39 Å². The van der Waals surface area contributed by atoms with Crippen LogP contribution < -0.4 is 10.5 Å². The molecule has 1 aromatic rings. The first-order chi connectivity index (χ1) is 9.11. The first-order valence-corrected chi connectivity index (χ1v) is 7.33. The maximum absolute atomic E-state index is 13.3. The van der Waals surface area contributed by atoms with Crippen LogP contribution in [0.5, 0.6) is 5.75 Å². The van der Waals surface area contributed by atoms with E-state index in [0.717, 1.165) is 24.2 Å². The summed E-state index contributed by atoms with van der Waals surface area (Å²) >= 11 is 0. The molecule has 0 amide bonds. The molecule has 19 heavy (non-hydrogen) atoms. The zero-order chi connectivity index (χ0) is 13.8. The van der Waals surface area contributed by atoms with Crippen LogP contribution in [0.3, 0.4) is 0 Å². The van der Waals surface area contributed by atoms with Gasteiger partial charge in [0.05, 0.1) is 0 Å². The summed E-state index contributed by atoms with van der Waals surface area (Å²) in [6.45, 7) is 4.07. The predicted octanol–water partition coefficient (Wildman–Crippen LogP) is 4.19. The number of ether oxygens (including phenoxy) is 1. The quantitative estimate of drug-likeness (QED) is 0.885. The Hall–Kier alpha value is -1.09. The SMILES string of the molecule is CCC1CCCCC1Oc1ccc(F)cc1[C@H](C)N. The third-order valence-electron chi connectivity index (χ3n) is 4.10. The Morgan fingerprint density at radius 2 is 2.11 bits per heavy atom. The Morgan fingerprint density at radius 3 is 2.79 bits per heavy atom. The fourth-order valence-corrected chi connectivity index (χ4v) is 2.94. The largest absolute Gasteiger partial charge is 0.490 e. The van der Waals surface area contributed by atoms with Crippen molar-refractivity contribution < 1.29 is 9.13 Å². The summed E-state index contributed by atoms with van der Waals surface area (Å²) < 4.78 is 19.5. The molecule has 2 unspecified atom stereocenters. The van der Waals surface area contributed by atoms with E-state index in [1.165, 1.54) is 31.4 Å². The molecule has 3 heteroatoms. The molecule has 2 nitrogen and oxygen atoms in total. The van der Waals surface area contributed by atoms with Gasteiger partial charge in [0.25, 0.3) is 0 Å². The highest BCUT2D eigenvalue weighted by atomic mass is 19.1. The first-order valence-electron chi connectivity index (χ1n) is 7.33. The minimum atomic E-state index is -0.254. The van der Waals surface area contributed by atoms with Crippen LogP contribution in [0.1, 0.15) is 57.6 Å². The summed E-state index contributed by atoms with van der Waals surface area (Å²) in [7, 11) is 0. The average molecular weight is 265 g/mol. The summed E-state index contributed by atoms with van der Waals surface area (Å²) in [6.07, 6.45) is 6.23. The van der Waals surface area contributed by atoms with Crippen molar-refractivity contribution in [1.29, 1.82) is 0 Å². The minimum Gasteiger partial charge on any atom is -0.490 e. The lowest BCUT2D eigenvalue weighted by Gasteiger charge is -2.32. The molecule has 1 aliphatic carbocycles. The van der Waals surface area contributed by atoms with E-state index >= 15 is 0 Å². The number of halogens is 1. The lowest BCUT2D eigenvalue weighted by Crippen LogP contribution is -2.30. The maximum atomic E-state index is 13.3. The second-order valence-electron chi connectivity index (χ2n) is 5.58. The van der Waals surface area contributed by atoms with Crippen molar-refractivity contribution >= 4 is 0 Å². The van der Waals surface area contributed by atoms with Crippen LogP contribution in [0.4, 0.5) is 4.39 Å². The van der Waals surface area contributed by atoms with E-state index in [-0.39, 0.29) is 18.0 Å². The summed E-state index contributed by atoms with van der Waals surface area (Å²) in [5, 5.41) is 0. The number of hydrogen-bond donors (Lipinski definition) is 1. The van der Waals surface area contributed by atoms with Crippen LogP contribution >= 0.6 is 0 Å². The molecule has 0 radical (unpaired) electrons. The van der Waals surface area contributed by atoms with E-state index in [1.54, 1.807) is 6.07 Å². The number of rotatable bonds is 4. The van der Waals surface area contributed by atoms with Crippen molar-refractivity contribution in [3.8, 4) is 5.75 Å². The van der Waals surface area contributed by atoms with E-state index in [1.807, 2.05) is 6.92 Å². The molecule has 0 spiro atoms. The van der Waals surface area contributed by atoms with Crippen molar-refractivity contribution in [2.75, 3.05) is 0 Å². The van der Waals surface area contributed by atoms with Gasteiger partial charge in [-0.3, -0.25) is 0 Å². The van der Waals surface area contributed by atoms with Gasteiger partial charge < -0.3 is 10.5 Å². The highest BCUT2D eigenvalue weighted by Gasteiger charge is 2.26. The molecule has 0 saturated heterocycles. The Morgan fingerprint density at radius 1 is 1.37 bits per heavy atom. The van der Waals surface area contributed by atoms with Crippen LogP contribution in [0.15, 0.2) is 18.2 Å². The van der Waals surface area contributed by atoms with Crippen LogP contribution in [-0.2, 0) is 0 Å². The molecule has 0 aromatic heterocycles. The second kappa shape index (κ2) is 6.38. The van der Waals surface area contributed by atoms with Crippen molar-refractivity contribution in [3.05, 3.63) is 29.6 Å². The Bertz CT molecular complexity index is 419. The molecule has 1 fully saturated rings. The standard InChI is InChI=1S/C16H24FNO/c1-3-12-6-4-5-7-15(12)19-16-9-8-13(17)10-14(16)11(2)18/h8-12,15H,3-7,18H2,1-2H3/t11-,12?,15?/m0/s1. The number of nitrogens with two attached hydrogens (primary N) is 1. The van der Waals surface area contributed by atoms with Crippen LogP contribution in [-0.4, -0.2) is 6.10 Å². The fourth-order valence-electron chi connectivity index (χ4n) is 2.94. The monoisotopic (exact) mass is 265 g/mol. The van der Waals surface area contributed by atoms with Crippen LogP contribution in [0, 0.1) is 11.7 Å². The van der Waals surface area contributed by atoms with E-state index in [2.05, 4.69) is 6.92 Å². The average Bonchev–Trinajstić information content (AvgIpc) is 2.41. The summed E-state index contributed by atoms with van der Waals surface area (Å²) in [6, 6.07) is 4.44. The molecule has 2 rings (SSSR count). The van der Waals surface area contributed by atoms with E-state index in [4.69, 9.17) is 10.5 Å². The van der Waals surface area contributed by atoms with Gasteiger partial charge in [-0.25, -0.2) is 4.39 Å². The fraction of sp³-hybridized carbons (Fsp3) is 0.625. The highest BCUT2D eigenvalue weighted by molar-refractivity contribution is 5.36. The van der Waals surface area contributed by atoms with Gasteiger partial charge in [-0.1, -0.05) is 13.3 Å². The topological polar surface area (TPSA) is 35.2 Å². The molecule has 0 heterocycles. The molecule has 2 N–H and O–H groups in total. The summed E-state index contributed by atoms with van der Waals surface area (Å²) in [4.78, 5) is 0. The maximum Gasteiger partial charge on any atom is 0.124 e. The Kier molecular flexibility index (Phi) is 4.81. The predicted molar refractivity (Wildman–Crippen MR) is 75.7 cm³/mol. The van der Waals surface area contributed by atoms with Gasteiger partial charge in [0, 0.05) is 11.6 Å². The molecular weight excluding hydrogens is 241 g/mol. The number of hydrogen-bond acceptors (Lipinski definition) is 2.